The molecule has 0 radical (unpaired) electrons. The molecular weight excluding hydrogens is 346 g/mol. The van der Waals surface area contributed by atoms with Crippen LogP contribution in [-0.2, 0) is 11.2 Å². The molecule has 0 fully saturated rings. The molecule has 7 heteroatoms. The van der Waals surface area contributed by atoms with Crippen molar-refractivity contribution in [3.63, 3.8) is 0 Å². The van der Waals surface area contributed by atoms with Crippen molar-refractivity contribution in [3.05, 3.63) is 64.9 Å². The van der Waals surface area contributed by atoms with Gasteiger partial charge < -0.3 is 19.9 Å². The predicted octanol–water partition coefficient (Wildman–Crippen LogP) is 3.22. The zero-order valence-corrected chi connectivity index (χ0v) is 13.7. The molecule has 3 rings (SSSR count). The van der Waals surface area contributed by atoms with E-state index in [0.29, 0.717) is 21.6 Å². The van der Waals surface area contributed by atoms with Crippen LogP contribution in [0.2, 0.25) is 5.02 Å². The van der Waals surface area contributed by atoms with Crippen LogP contribution < -0.4 is 5.32 Å². The van der Waals surface area contributed by atoms with Crippen LogP contribution >= 0.6 is 11.6 Å². The summed E-state index contributed by atoms with van der Waals surface area (Å²) in [5, 5.41) is 22.5. The quantitative estimate of drug-likeness (QED) is 0.649. The molecule has 0 saturated heterocycles. The van der Waals surface area contributed by atoms with Crippen LogP contribution in [-0.4, -0.2) is 28.1 Å². The Bertz CT molecular complexity index is 950. The predicted molar refractivity (Wildman–Crippen MR) is 91.9 cm³/mol. The molecule has 0 aliphatic rings. The molecule has 1 atom stereocenters. The van der Waals surface area contributed by atoms with Crippen molar-refractivity contribution in [2.24, 2.45) is 0 Å². The maximum absolute atomic E-state index is 12.5. The number of rotatable bonds is 5. The number of carboxylic acid groups (broad SMARTS) is 1. The van der Waals surface area contributed by atoms with E-state index in [9.17, 15) is 19.8 Å². The van der Waals surface area contributed by atoms with E-state index in [0.717, 1.165) is 0 Å². The number of carbonyl (C=O) groups is 2. The van der Waals surface area contributed by atoms with Crippen molar-refractivity contribution in [2.75, 3.05) is 0 Å². The van der Waals surface area contributed by atoms with Gasteiger partial charge in [-0.15, -0.1) is 0 Å². The number of benzene rings is 2. The first kappa shape index (κ1) is 16.9. The summed E-state index contributed by atoms with van der Waals surface area (Å²) in [6.07, 6.45) is 1.36. The number of carbonyl (C=O) groups excluding carboxylic acids is 1. The first-order valence-corrected chi connectivity index (χ1v) is 7.81. The topological polar surface area (TPSA) is 99.8 Å². The number of nitrogens with one attached hydrogen (secondary N) is 1. The minimum Gasteiger partial charge on any atom is -0.508 e. The fourth-order valence-electron chi connectivity index (χ4n) is 2.57. The van der Waals surface area contributed by atoms with Crippen molar-refractivity contribution >= 4 is 34.4 Å². The lowest BCUT2D eigenvalue weighted by atomic mass is 10.0. The molecule has 0 saturated carbocycles. The zero-order chi connectivity index (χ0) is 18.0. The molecule has 0 bridgehead atoms. The molecule has 1 heterocycles. The molecule has 3 N–H and O–H groups in total. The Morgan fingerprint density at radius 3 is 2.64 bits per heavy atom. The van der Waals surface area contributed by atoms with E-state index >= 15 is 0 Å². The maximum Gasteiger partial charge on any atom is 0.326 e. The van der Waals surface area contributed by atoms with Gasteiger partial charge >= 0.3 is 5.97 Å². The fourth-order valence-corrected chi connectivity index (χ4v) is 2.78. The van der Waals surface area contributed by atoms with Crippen molar-refractivity contribution < 1.29 is 24.2 Å². The van der Waals surface area contributed by atoms with Gasteiger partial charge in [-0.2, -0.15) is 0 Å². The standard InChI is InChI=1S/C18H14ClNO5/c19-13-6-5-12(11-7-8-25-16(11)13)17(22)20-14(18(23)24)9-10-3-1-2-4-15(10)21/h1-8,14,21H,9H2,(H,20,22)(H,23,24). The Morgan fingerprint density at radius 1 is 1.16 bits per heavy atom. The number of phenolic OH excluding ortho intramolecular Hbond substituents is 1. The lowest BCUT2D eigenvalue weighted by Crippen LogP contribution is -2.42. The van der Waals surface area contributed by atoms with Gasteiger partial charge in [-0.25, -0.2) is 4.79 Å². The number of aliphatic carboxylic acids is 1. The Balaban J connectivity index is 1.86. The van der Waals surface area contributed by atoms with Gasteiger partial charge in [-0.05, 0) is 29.8 Å². The average Bonchev–Trinajstić information content (AvgIpc) is 3.06. The Kier molecular flexibility index (Phi) is 4.63. The number of furan rings is 1. The molecule has 0 aliphatic heterocycles. The van der Waals surface area contributed by atoms with Crippen LogP contribution in [0.1, 0.15) is 15.9 Å². The lowest BCUT2D eigenvalue weighted by Gasteiger charge is -2.15. The van der Waals surface area contributed by atoms with Crippen molar-refractivity contribution in [1.29, 1.82) is 0 Å². The molecule has 2 aromatic carbocycles. The van der Waals surface area contributed by atoms with Gasteiger partial charge in [0.2, 0.25) is 0 Å². The van der Waals surface area contributed by atoms with Gasteiger partial charge in [0.25, 0.3) is 5.91 Å². The normalized spacial score (nSPS) is 12.0. The number of amides is 1. The fraction of sp³-hybridized carbons (Fsp3) is 0.111. The molecule has 25 heavy (non-hydrogen) atoms. The second-order valence-corrected chi connectivity index (χ2v) is 5.86. The number of aromatic hydroxyl groups is 1. The second kappa shape index (κ2) is 6.86. The van der Waals surface area contributed by atoms with Crippen LogP contribution in [0.25, 0.3) is 11.0 Å². The van der Waals surface area contributed by atoms with Crippen molar-refractivity contribution in [1.82, 2.24) is 5.32 Å². The number of fused-ring (bicyclic) bond motifs is 1. The molecule has 1 amide bonds. The number of hydrogen-bond acceptors (Lipinski definition) is 4. The zero-order valence-electron chi connectivity index (χ0n) is 12.9. The summed E-state index contributed by atoms with van der Waals surface area (Å²) in [5.74, 6) is -1.79. The third-order valence-electron chi connectivity index (χ3n) is 3.83. The summed E-state index contributed by atoms with van der Waals surface area (Å²) in [6.45, 7) is 0. The minimum atomic E-state index is -1.20. The van der Waals surface area contributed by atoms with Crippen LogP contribution in [0.5, 0.6) is 5.75 Å². The van der Waals surface area contributed by atoms with Crippen LogP contribution in [0.15, 0.2) is 53.1 Å². The summed E-state index contributed by atoms with van der Waals surface area (Å²) in [4.78, 5) is 24.0. The summed E-state index contributed by atoms with van der Waals surface area (Å²) in [5.41, 5.74) is 1.05. The monoisotopic (exact) mass is 359 g/mol. The molecule has 6 nitrogen and oxygen atoms in total. The van der Waals surface area contributed by atoms with E-state index in [1.807, 2.05) is 0 Å². The van der Waals surface area contributed by atoms with Crippen LogP contribution in [0, 0.1) is 0 Å². The second-order valence-electron chi connectivity index (χ2n) is 5.46. The number of para-hydroxylation sites is 1. The highest BCUT2D eigenvalue weighted by Crippen LogP contribution is 2.27. The highest BCUT2D eigenvalue weighted by atomic mass is 35.5. The number of halogens is 1. The summed E-state index contributed by atoms with van der Waals surface area (Å²) in [6, 6.07) is 9.81. The molecule has 3 aromatic rings. The largest absolute Gasteiger partial charge is 0.508 e. The van der Waals surface area contributed by atoms with Crippen LogP contribution in [0.4, 0.5) is 0 Å². The van der Waals surface area contributed by atoms with E-state index in [4.69, 9.17) is 16.0 Å². The third kappa shape index (κ3) is 3.44. The Labute approximate surface area is 147 Å². The van der Waals surface area contributed by atoms with Gasteiger partial charge in [0.05, 0.1) is 16.8 Å². The first-order chi connectivity index (χ1) is 12.0. The third-order valence-corrected chi connectivity index (χ3v) is 4.13. The van der Waals surface area contributed by atoms with Crippen molar-refractivity contribution in [3.8, 4) is 5.75 Å². The van der Waals surface area contributed by atoms with E-state index in [1.165, 1.54) is 24.5 Å². The number of phenols is 1. The van der Waals surface area contributed by atoms with E-state index in [-0.39, 0.29) is 17.7 Å². The highest BCUT2D eigenvalue weighted by molar-refractivity contribution is 6.35. The first-order valence-electron chi connectivity index (χ1n) is 7.43. The molecule has 0 spiro atoms. The Hall–Kier alpha value is -2.99. The van der Waals surface area contributed by atoms with Gasteiger partial charge in [0.15, 0.2) is 5.58 Å². The van der Waals surface area contributed by atoms with Gasteiger partial charge in [-0.3, -0.25) is 4.79 Å². The molecule has 128 valence electrons. The van der Waals surface area contributed by atoms with Crippen LogP contribution in [0.3, 0.4) is 0 Å². The number of hydrogen-bond donors (Lipinski definition) is 3. The van der Waals surface area contributed by atoms with E-state index < -0.39 is 17.9 Å². The van der Waals surface area contributed by atoms with Gasteiger partial charge in [0, 0.05) is 11.8 Å². The maximum atomic E-state index is 12.5. The van der Waals surface area contributed by atoms with E-state index in [2.05, 4.69) is 5.32 Å². The summed E-state index contributed by atoms with van der Waals surface area (Å²) < 4.78 is 5.24. The summed E-state index contributed by atoms with van der Waals surface area (Å²) in [7, 11) is 0. The van der Waals surface area contributed by atoms with Gasteiger partial charge in [0.1, 0.15) is 11.8 Å². The molecule has 1 aromatic heterocycles. The SMILES string of the molecule is O=C(NC(Cc1ccccc1O)C(=O)O)c1ccc(Cl)c2occc12. The van der Waals surface area contributed by atoms with Gasteiger partial charge in [-0.1, -0.05) is 29.8 Å². The highest BCUT2D eigenvalue weighted by Gasteiger charge is 2.24. The molecule has 0 aliphatic carbocycles. The smallest absolute Gasteiger partial charge is 0.326 e. The minimum absolute atomic E-state index is 0.0216. The molecular formula is C18H14ClNO5. The lowest BCUT2D eigenvalue weighted by molar-refractivity contribution is -0.139. The van der Waals surface area contributed by atoms with E-state index in [1.54, 1.807) is 24.3 Å². The number of carboxylic acids is 1. The Morgan fingerprint density at radius 2 is 1.92 bits per heavy atom. The summed E-state index contributed by atoms with van der Waals surface area (Å²) >= 11 is 6.01. The average molecular weight is 360 g/mol. The van der Waals surface area contributed by atoms with Crippen molar-refractivity contribution in [2.45, 2.75) is 12.5 Å². The molecule has 1 unspecified atom stereocenters.